The maximum Gasteiger partial charge on any atom is 0.326 e. The number of urea groups is 1. The number of aromatic nitrogens is 1. The van der Waals surface area contributed by atoms with E-state index in [4.69, 9.17) is 4.98 Å². The predicted molar refractivity (Wildman–Crippen MR) is 106 cm³/mol. The highest BCUT2D eigenvalue weighted by Crippen LogP contribution is 2.37. The molecule has 1 aliphatic heterocycles. The largest absolute Gasteiger partial charge is 0.326 e. The smallest absolute Gasteiger partial charge is 0.323 e. The first-order valence-corrected chi connectivity index (χ1v) is 10.4. The molecule has 2 aromatic rings. The zero-order valence-corrected chi connectivity index (χ0v) is 16.9. The number of hydrogen-bond donors (Lipinski definition) is 1. The van der Waals surface area contributed by atoms with Gasteiger partial charge in [0.25, 0.3) is 5.91 Å². The van der Waals surface area contributed by atoms with Gasteiger partial charge in [-0.15, -0.1) is 11.3 Å². The summed E-state index contributed by atoms with van der Waals surface area (Å²) in [5, 5.41) is 3.99. The number of carbonyl (C=O) groups excluding carboxylic acids is 2. The van der Waals surface area contributed by atoms with Crippen molar-refractivity contribution in [1.82, 2.24) is 20.1 Å². The average Bonchev–Trinajstić information content (AvgIpc) is 3.19. The van der Waals surface area contributed by atoms with E-state index in [0.717, 1.165) is 40.9 Å². The van der Waals surface area contributed by atoms with Gasteiger partial charge in [-0.3, -0.25) is 9.69 Å². The number of nitrogens with one attached hydrogen (secondary N) is 1. The van der Waals surface area contributed by atoms with Crippen LogP contribution >= 0.6 is 11.3 Å². The standard InChI is InChI=1S/C20H26N4O2S/c1-13-8-10-20(11-9-13)18(25)24(19(26)22-20)12-23(3)14(2)17-21-15-6-4-5-7-16(15)27-17/h4-7,13-14H,8-12H2,1-3H3,(H,22,26)/t13?,14-,20?/m0/s1. The lowest BCUT2D eigenvalue weighted by atomic mass is 9.77. The van der Waals surface area contributed by atoms with Gasteiger partial charge in [-0.1, -0.05) is 19.1 Å². The van der Waals surface area contributed by atoms with E-state index in [2.05, 4.69) is 25.2 Å². The fraction of sp³-hybridized carbons (Fsp3) is 0.550. The molecule has 1 aromatic carbocycles. The molecule has 1 saturated heterocycles. The van der Waals surface area contributed by atoms with Crippen LogP contribution in [0.1, 0.15) is 50.6 Å². The third kappa shape index (κ3) is 3.23. The van der Waals surface area contributed by atoms with E-state index in [0.29, 0.717) is 5.92 Å². The number of carbonyl (C=O) groups is 2. The van der Waals surface area contributed by atoms with E-state index in [-0.39, 0.29) is 24.6 Å². The molecule has 2 heterocycles. The second kappa shape index (κ2) is 6.87. The molecule has 2 fully saturated rings. The van der Waals surface area contributed by atoms with Crippen molar-refractivity contribution >= 4 is 33.5 Å². The van der Waals surface area contributed by atoms with Gasteiger partial charge in [0.1, 0.15) is 10.5 Å². The Labute approximate surface area is 163 Å². The Kier molecular flexibility index (Phi) is 4.68. The molecule has 1 N–H and O–H groups in total. The van der Waals surface area contributed by atoms with E-state index in [1.807, 2.05) is 30.1 Å². The molecule has 1 spiro atoms. The summed E-state index contributed by atoms with van der Waals surface area (Å²) >= 11 is 1.66. The second-order valence-electron chi connectivity index (χ2n) is 8.02. The quantitative estimate of drug-likeness (QED) is 0.813. The minimum absolute atomic E-state index is 0.0194. The third-order valence-electron chi connectivity index (χ3n) is 6.07. The van der Waals surface area contributed by atoms with Gasteiger partial charge >= 0.3 is 6.03 Å². The number of para-hydroxylation sites is 1. The van der Waals surface area contributed by atoms with Crippen LogP contribution in [0.15, 0.2) is 24.3 Å². The van der Waals surface area contributed by atoms with Crippen molar-refractivity contribution in [3.63, 3.8) is 0 Å². The maximum absolute atomic E-state index is 13.0. The van der Waals surface area contributed by atoms with Gasteiger partial charge in [-0.2, -0.15) is 0 Å². The molecule has 0 unspecified atom stereocenters. The van der Waals surface area contributed by atoms with Gasteiger partial charge in [-0.25, -0.2) is 14.7 Å². The summed E-state index contributed by atoms with van der Waals surface area (Å²) in [6.07, 6.45) is 3.45. The molecule has 1 atom stereocenters. The van der Waals surface area contributed by atoms with E-state index in [1.54, 1.807) is 11.3 Å². The van der Waals surface area contributed by atoms with Crippen molar-refractivity contribution in [1.29, 1.82) is 0 Å². The van der Waals surface area contributed by atoms with Crippen LogP contribution in [0.25, 0.3) is 10.2 Å². The predicted octanol–water partition coefficient (Wildman–Crippen LogP) is 3.75. The first kappa shape index (κ1) is 18.4. The minimum atomic E-state index is -0.677. The highest BCUT2D eigenvalue weighted by Gasteiger charge is 2.52. The fourth-order valence-corrected chi connectivity index (χ4v) is 5.09. The number of fused-ring (bicyclic) bond motifs is 1. The minimum Gasteiger partial charge on any atom is -0.323 e. The summed E-state index contributed by atoms with van der Waals surface area (Å²) < 4.78 is 1.15. The average molecular weight is 387 g/mol. The number of hydrogen-bond acceptors (Lipinski definition) is 5. The Hall–Kier alpha value is -1.99. The summed E-state index contributed by atoms with van der Waals surface area (Å²) in [5.74, 6) is 0.554. The van der Waals surface area contributed by atoms with Crippen LogP contribution < -0.4 is 5.32 Å². The number of amides is 3. The number of benzene rings is 1. The van der Waals surface area contributed by atoms with Gasteiger partial charge in [0.05, 0.1) is 22.9 Å². The number of rotatable bonds is 4. The molecule has 2 aliphatic rings. The topological polar surface area (TPSA) is 65.5 Å². The van der Waals surface area contributed by atoms with E-state index in [1.165, 1.54) is 4.90 Å². The van der Waals surface area contributed by atoms with E-state index >= 15 is 0 Å². The molecule has 144 valence electrons. The molecule has 1 aliphatic carbocycles. The first-order chi connectivity index (χ1) is 12.9. The van der Waals surface area contributed by atoms with Crippen LogP contribution in [-0.4, -0.2) is 46.0 Å². The highest BCUT2D eigenvalue weighted by atomic mass is 32.1. The second-order valence-corrected chi connectivity index (χ2v) is 9.08. The summed E-state index contributed by atoms with van der Waals surface area (Å²) in [7, 11) is 1.94. The van der Waals surface area contributed by atoms with Crippen molar-refractivity contribution < 1.29 is 9.59 Å². The zero-order chi connectivity index (χ0) is 19.2. The van der Waals surface area contributed by atoms with Gasteiger partial charge < -0.3 is 5.32 Å². The lowest BCUT2D eigenvalue weighted by molar-refractivity contribution is -0.134. The summed E-state index contributed by atoms with van der Waals surface area (Å²) in [6, 6.07) is 7.82. The first-order valence-electron chi connectivity index (χ1n) is 9.59. The molecule has 4 rings (SSSR count). The SMILES string of the molecule is CC1CCC2(CC1)NC(=O)N(CN(C)[C@@H](C)c1nc3ccccc3s1)C2=O. The normalized spacial score (nSPS) is 27.0. The number of thiazole rings is 1. The lowest BCUT2D eigenvalue weighted by Gasteiger charge is -2.34. The van der Waals surface area contributed by atoms with Gasteiger partial charge in [-0.05, 0) is 57.7 Å². The number of imide groups is 1. The molecule has 1 aromatic heterocycles. The summed E-state index contributed by atoms with van der Waals surface area (Å²) in [4.78, 5) is 33.7. The van der Waals surface area contributed by atoms with Gasteiger partial charge in [0.2, 0.25) is 0 Å². The molecule has 0 radical (unpaired) electrons. The van der Waals surface area contributed by atoms with Crippen LogP contribution in [0.3, 0.4) is 0 Å². The lowest BCUT2D eigenvalue weighted by Crippen LogP contribution is -2.50. The molecule has 0 bridgehead atoms. The Morgan fingerprint density at radius 3 is 2.74 bits per heavy atom. The Balaban J connectivity index is 1.47. The fourth-order valence-electron chi connectivity index (χ4n) is 4.00. The number of nitrogens with zero attached hydrogens (tertiary/aromatic N) is 3. The Morgan fingerprint density at radius 1 is 1.33 bits per heavy atom. The van der Waals surface area contributed by atoms with E-state index in [9.17, 15) is 9.59 Å². The Bertz CT molecular complexity index is 839. The monoisotopic (exact) mass is 386 g/mol. The molecule has 3 amide bonds. The van der Waals surface area contributed by atoms with Crippen LogP contribution in [0.2, 0.25) is 0 Å². The van der Waals surface area contributed by atoms with Crippen LogP contribution in [0.4, 0.5) is 4.79 Å². The summed E-state index contributed by atoms with van der Waals surface area (Å²) in [5.41, 5.74) is 0.312. The zero-order valence-electron chi connectivity index (χ0n) is 16.1. The van der Waals surface area contributed by atoms with Crippen molar-refractivity contribution in [3.05, 3.63) is 29.3 Å². The van der Waals surface area contributed by atoms with Crippen LogP contribution in [0, 0.1) is 5.92 Å². The van der Waals surface area contributed by atoms with Crippen molar-refractivity contribution in [2.45, 2.75) is 51.1 Å². The van der Waals surface area contributed by atoms with Crippen molar-refractivity contribution in [2.24, 2.45) is 5.92 Å². The highest BCUT2D eigenvalue weighted by molar-refractivity contribution is 7.18. The van der Waals surface area contributed by atoms with Crippen LogP contribution in [0.5, 0.6) is 0 Å². The molecule has 27 heavy (non-hydrogen) atoms. The van der Waals surface area contributed by atoms with E-state index < -0.39 is 5.54 Å². The van der Waals surface area contributed by atoms with Crippen LogP contribution in [-0.2, 0) is 4.79 Å². The molecular formula is C20H26N4O2S. The molecule has 7 heteroatoms. The maximum atomic E-state index is 13.0. The van der Waals surface area contributed by atoms with Gasteiger partial charge in [0, 0.05) is 0 Å². The third-order valence-corrected chi connectivity index (χ3v) is 7.27. The summed E-state index contributed by atoms with van der Waals surface area (Å²) in [6.45, 7) is 4.55. The van der Waals surface area contributed by atoms with Crippen molar-refractivity contribution in [3.8, 4) is 0 Å². The molecule has 1 saturated carbocycles. The van der Waals surface area contributed by atoms with Crippen molar-refractivity contribution in [2.75, 3.05) is 13.7 Å². The molecule has 6 nitrogen and oxygen atoms in total. The Morgan fingerprint density at radius 2 is 2.04 bits per heavy atom. The molecular weight excluding hydrogens is 360 g/mol. The van der Waals surface area contributed by atoms with Gasteiger partial charge in [0.15, 0.2) is 0 Å².